The number of nitrogens with zero attached hydrogens (tertiary/aromatic N) is 2. The van der Waals surface area contributed by atoms with E-state index in [2.05, 4.69) is 5.32 Å². The Labute approximate surface area is 224 Å². The SMILES string of the molecule is CCNC(=O)[C@H](C)N(Cc1ccc(OC)cc1)C(=O)CN(c1cccc(OC)c1)S(=O)(=O)c1ccccc1. The van der Waals surface area contributed by atoms with Gasteiger partial charge in [0.2, 0.25) is 11.8 Å². The second kappa shape index (κ2) is 13.0. The van der Waals surface area contributed by atoms with Gasteiger partial charge in [-0.25, -0.2) is 8.42 Å². The summed E-state index contributed by atoms with van der Waals surface area (Å²) in [6.45, 7) is 3.38. The van der Waals surface area contributed by atoms with E-state index in [9.17, 15) is 18.0 Å². The number of likely N-dealkylation sites (N-methyl/N-ethyl adjacent to an activating group) is 1. The zero-order valence-electron chi connectivity index (χ0n) is 22.0. The first kappa shape index (κ1) is 28.5. The zero-order chi connectivity index (χ0) is 27.7. The smallest absolute Gasteiger partial charge is 0.264 e. The van der Waals surface area contributed by atoms with Crippen molar-refractivity contribution in [3.05, 3.63) is 84.4 Å². The van der Waals surface area contributed by atoms with Gasteiger partial charge in [-0.15, -0.1) is 0 Å². The maximum absolute atomic E-state index is 13.8. The number of carbonyl (C=O) groups excluding carboxylic acids is 2. The van der Waals surface area contributed by atoms with Crippen LogP contribution in [0.4, 0.5) is 5.69 Å². The van der Waals surface area contributed by atoms with Crippen LogP contribution in [-0.2, 0) is 26.2 Å². The molecule has 3 aromatic rings. The molecule has 38 heavy (non-hydrogen) atoms. The van der Waals surface area contributed by atoms with Crippen LogP contribution in [0.25, 0.3) is 0 Å². The van der Waals surface area contributed by atoms with Crippen molar-refractivity contribution in [2.45, 2.75) is 31.3 Å². The normalized spacial score (nSPS) is 11.8. The molecule has 0 unspecified atom stereocenters. The van der Waals surface area contributed by atoms with Gasteiger partial charge in [0.25, 0.3) is 10.0 Å². The first-order valence-electron chi connectivity index (χ1n) is 12.1. The highest BCUT2D eigenvalue weighted by atomic mass is 32.2. The molecule has 202 valence electrons. The number of rotatable bonds is 12. The van der Waals surface area contributed by atoms with Crippen LogP contribution in [0.15, 0.2) is 83.8 Å². The molecule has 3 aromatic carbocycles. The summed E-state index contributed by atoms with van der Waals surface area (Å²) in [4.78, 5) is 28.0. The fraction of sp³-hybridized carbons (Fsp3) is 0.286. The summed E-state index contributed by atoms with van der Waals surface area (Å²) >= 11 is 0. The van der Waals surface area contributed by atoms with Crippen molar-refractivity contribution in [1.82, 2.24) is 10.2 Å². The predicted molar refractivity (Wildman–Crippen MR) is 146 cm³/mol. The molecule has 3 rings (SSSR count). The van der Waals surface area contributed by atoms with E-state index in [-0.39, 0.29) is 23.0 Å². The number of hydrogen-bond acceptors (Lipinski definition) is 6. The largest absolute Gasteiger partial charge is 0.497 e. The van der Waals surface area contributed by atoms with E-state index in [0.717, 1.165) is 9.87 Å². The highest BCUT2D eigenvalue weighted by molar-refractivity contribution is 7.92. The van der Waals surface area contributed by atoms with E-state index in [1.54, 1.807) is 87.7 Å². The third kappa shape index (κ3) is 6.83. The molecule has 0 spiro atoms. The van der Waals surface area contributed by atoms with Crippen molar-refractivity contribution >= 4 is 27.5 Å². The molecular formula is C28H33N3O6S. The summed E-state index contributed by atoms with van der Waals surface area (Å²) in [5.74, 6) is 0.214. The van der Waals surface area contributed by atoms with E-state index >= 15 is 0 Å². The number of methoxy groups -OCH3 is 2. The van der Waals surface area contributed by atoms with Crippen LogP contribution in [0.3, 0.4) is 0 Å². The molecule has 0 aliphatic rings. The number of amides is 2. The Morgan fingerprint density at radius 3 is 2.16 bits per heavy atom. The van der Waals surface area contributed by atoms with Crippen LogP contribution in [-0.4, -0.2) is 58.5 Å². The molecule has 0 radical (unpaired) electrons. The number of anilines is 1. The topological polar surface area (TPSA) is 105 Å². The maximum Gasteiger partial charge on any atom is 0.264 e. The van der Waals surface area contributed by atoms with Gasteiger partial charge < -0.3 is 19.7 Å². The average Bonchev–Trinajstić information content (AvgIpc) is 2.95. The lowest BCUT2D eigenvalue weighted by molar-refractivity contribution is -0.139. The molecule has 1 atom stereocenters. The second-order valence-corrected chi connectivity index (χ2v) is 10.3. The minimum absolute atomic E-state index is 0.0362. The van der Waals surface area contributed by atoms with Gasteiger partial charge in [-0.1, -0.05) is 36.4 Å². The monoisotopic (exact) mass is 539 g/mol. The van der Waals surface area contributed by atoms with Crippen LogP contribution in [0.5, 0.6) is 11.5 Å². The predicted octanol–water partition coefficient (Wildman–Crippen LogP) is 3.45. The van der Waals surface area contributed by atoms with Gasteiger partial charge in [0.15, 0.2) is 0 Å². The molecule has 0 aromatic heterocycles. The summed E-state index contributed by atoms with van der Waals surface area (Å²) in [6, 6.07) is 20.6. The van der Waals surface area contributed by atoms with E-state index in [1.165, 1.54) is 24.1 Å². The van der Waals surface area contributed by atoms with Crippen LogP contribution in [0.1, 0.15) is 19.4 Å². The fourth-order valence-corrected chi connectivity index (χ4v) is 5.27. The minimum atomic E-state index is -4.13. The van der Waals surface area contributed by atoms with Gasteiger partial charge in [-0.2, -0.15) is 0 Å². The van der Waals surface area contributed by atoms with Gasteiger partial charge in [-0.3, -0.25) is 13.9 Å². The van der Waals surface area contributed by atoms with Crippen LogP contribution < -0.4 is 19.1 Å². The summed E-state index contributed by atoms with van der Waals surface area (Å²) in [7, 11) is -1.10. The Hall–Kier alpha value is -4.05. The quantitative estimate of drug-likeness (QED) is 0.378. The Bertz CT molecular complexity index is 1330. The molecule has 0 saturated heterocycles. The highest BCUT2D eigenvalue weighted by Crippen LogP contribution is 2.27. The van der Waals surface area contributed by atoms with E-state index in [1.807, 2.05) is 0 Å². The standard InChI is InChI=1S/C28H33N3O6S/c1-5-29-28(33)21(2)30(19-22-14-16-24(36-3)17-15-22)27(32)20-31(23-10-9-11-25(18-23)37-4)38(34,35)26-12-7-6-8-13-26/h6-18,21H,5,19-20H2,1-4H3,(H,29,33)/t21-/m0/s1. The Balaban J connectivity index is 2.02. The van der Waals surface area contributed by atoms with Crippen molar-refractivity contribution in [1.29, 1.82) is 0 Å². The molecule has 0 fully saturated rings. The Kier molecular flexibility index (Phi) is 9.72. The van der Waals surface area contributed by atoms with Crippen molar-refractivity contribution < 1.29 is 27.5 Å². The maximum atomic E-state index is 13.8. The number of sulfonamides is 1. The average molecular weight is 540 g/mol. The first-order chi connectivity index (χ1) is 18.2. The molecule has 0 heterocycles. The molecular weight excluding hydrogens is 506 g/mol. The third-order valence-corrected chi connectivity index (χ3v) is 7.77. The third-order valence-electron chi connectivity index (χ3n) is 5.98. The Morgan fingerprint density at radius 2 is 1.55 bits per heavy atom. The molecule has 1 N–H and O–H groups in total. The molecule has 10 heteroatoms. The lowest BCUT2D eigenvalue weighted by atomic mass is 10.1. The van der Waals surface area contributed by atoms with Crippen LogP contribution in [0, 0.1) is 0 Å². The summed E-state index contributed by atoms with van der Waals surface area (Å²) in [5, 5.41) is 2.74. The number of benzene rings is 3. The lowest BCUT2D eigenvalue weighted by Gasteiger charge is -2.32. The lowest BCUT2D eigenvalue weighted by Crippen LogP contribution is -2.51. The van der Waals surface area contributed by atoms with Crippen LogP contribution >= 0.6 is 0 Å². The van der Waals surface area contributed by atoms with Crippen molar-refractivity contribution in [2.75, 3.05) is 31.6 Å². The van der Waals surface area contributed by atoms with Gasteiger partial charge in [0.1, 0.15) is 24.1 Å². The number of nitrogens with one attached hydrogen (secondary N) is 1. The van der Waals surface area contributed by atoms with E-state index < -0.39 is 28.5 Å². The molecule has 0 saturated carbocycles. The van der Waals surface area contributed by atoms with Crippen LogP contribution in [0.2, 0.25) is 0 Å². The molecule has 9 nitrogen and oxygen atoms in total. The number of hydrogen-bond donors (Lipinski definition) is 1. The number of ether oxygens (including phenoxy) is 2. The second-order valence-electron chi connectivity index (χ2n) is 8.47. The zero-order valence-corrected chi connectivity index (χ0v) is 22.8. The van der Waals surface area contributed by atoms with Gasteiger partial charge in [-0.05, 0) is 55.8 Å². The summed E-state index contributed by atoms with van der Waals surface area (Å²) in [5.41, 5.74) is 1.02. The van der Waals surface area contributed by atoms with E-state index in [0.29, 0.717) is 18.0 Å². The summed E-state index contributed by atoms with van der Waals surface area (Å²) in [6.07, 6.45) is 0. The summed E-state index contributed by atoms with van der Waals surface area (Å²) < 4.78 is 39.0. The first-order valence-corrected chi connectivity index (χ1v) is 13.6. The Morgan fingerprint density at radius 1 is 0.895 bits per heavy atom. The number of carbonyl (C=O) groups is 2. The molecule has 2 amide bonds. The van der Waals surface area contributed by atoms with Gasteiger partial charge in [0.05, 0.1) is 24.8 Å². The molecule has 0 bridgehead atoms. The van der Waals surface area contributed by atoms with Gasteiger partial charge in [0, 0.05) is 19.2 Å². The molecule has 0 aliphatic heterocycles. The van der Waals surface area contributed by atoms with E-state index in [4.69, 9.17) is 9.47 Å². The van der Waals surface area contributed by atoms with Gasteiger partial charge >= 0.3 is 0 Å². The fourth-order valence-electron chi connectivity index (χ4n) is 3.85. The minimum Gasteiger partial charge on any atom is -0.497 e. The highest BCUT2D eigenvalue weighted by Gasteiger charge is 2.32. The van der Waals surface area contributed by atoms with Crippen molar-refractivity contribution in [2.24, 2.45) is 0 Å². The molecule has 0 aliphatic carbocycles. The van der Waals surface area contributed by atoms with Crippen molar-refractivity contribution in [3.63, 3.8) is 0 Å². The van der Waals surface area contributed by atoms with Crippen molar-refractivity contribution in [3.8, 4) is 11.5 Å².